The number of carbonyl (C=O) groups is 1. The van der Waals surface area contributed by atoms with E-state index in [1.165, 1.54) is 0 Å². The van der Waals surface area contributed by atoms with E-state index >= 15 is 0 Å². The Morgan fingerprint density at radius 3 is 2.68 bits per heavy atom. The van der Waals surface area contributed by atoms with Gasteiger partial charge in [-0.2, -0.15) is 0 Å². The Bertz CT molecular complexity index is 616. The minimum absolute atomic E-state index is 0.130. The molecule has 0 aliphatic carbocycles. The fourth-order valence-corrected chi connectivity index (χ4v) is 2.62. The fourth-order valence-electron chi connectivity index (χ4n) is 1.58. The lowest BCUT2D eigenvalue weighted by Crippen LogP contribution is -2.13. The normalized spacial score (nSPS) is 10.1. The van der Waals surface area contributed by atoms with E-state index in [0.717, 1.165) is 8.04 Å². The van der Waals surface area contributed by atoms with Crippen molar-refractivity contribution in [2.75, 3.05) is 12.4 Å². The van der Waals surface area contributed by atoms with Gasteiger partial charge in [0.2, 0.25) is 0 Å². The Labute approximate surface area is 133 Å². The van der Waals surface area contributed by atoms with Crippen molar-refractivity contribution < 1.29 is 9.53 Å². The van der Waals surface area contributed by atoms with Crippen LogP contribution in [0.5, 0.6) is 5.75 Å². The van der Waals surface area contributed by atoms with E-state index in [1.54, 1.807) is 19.2 Å². The number of ether oxygens (including phenoxy) is 1. The summed E-state index contributed by atoms with van der Waals surface area (Å²) in [6, 6.07) is 12.9. The van der Waals surface area contributed by atoms with Gasteiger partial charge < -0.3 is 10.1 Å². The van der Waals surface area contributed by atoms with Gasteiger partial charge in [-0.15, -0.1) is 0 Å². The second-order valence-electron chi connectivity index (χ2n) is 3.78. The van der Waals surface area contributed by atoms with Gasteiger partial charge in [-0.05, 0) is 62.8 Å². The van der Waals surface area contributed by atoms with Gasteiger partial charge in [0.05, 0.1) is 17.1 Å². The predicted octanol–water partition coefficient (Wildman–Crippen LogP) is 4.31. The van der Waals surface area contributed by atoms with Gasteiger partial charge in [-0.3, -0.25) is 4.79 Å². The van der Waals surface area contributed by atoms with E-state index in [1.807, 2.05) is 30.3 Å². The van der Waals surface area contributed by atoms with E-state index < -0.39 is 0 Å². The molecule has 0 heterocycles. The van der Waals surface area contributed by atoms with Gasteiger partial charge in [0.1, 0.15) is 5.75 Å². The van der Waals surface area contributed by atoms with Crippen LogP contribution in [0.2, 0.25) is 0 Å². The van der Waals surface area contributed by atoms with Gasteiger partial charge in [0.25, 0.3) is 5.91 Å². The van der Waals surface area contributed by atoms with Crippen molar-refractivity contribution in [3.05, 3.63) is 56.1 Å². The first-order valence-electron chi connectivity index (χ1n) is 5.51. The molecule has 0 aliphatic heterocycles. The molecule has 2 aromatic rings. The van der Waals surface area contributed by atoms with E-state index in [0.29, 0.717) is 17.0 Å². The Morgan fingerprint density at radius 1 is 1.26 bits per heavy atom. The van der Waals surface area contributed by atoms with Crippen molar-refractivity contribution >= 4 is 50.1 Å². The Morgan fingerprint density at radius 2 is 2.00 bits per heavy atom. The zero-order valence-electron chi connectivity index (χ0n) is 10.1. The number of anilines is 1. The summed E-state index contributed by atoms with van der Waals surface area (Å²) in [5, 5.41) is 2.86. The molecule has 0 fully saturated rings. The number of amides is 1. The SMILES string of the molecule is COc1cc(NC(=O)c2ccccc2I)ccc1Br. The van der Waals surface area contributed by atoms with E-state index in [9.17, 15) is 4.79 Å². The first-order chi connectivity index (χ1) is 9.11. The van der Waals surface area contributed by atoms with Crippen molar-refractivity contribution in [2.24, 2.45) is 0 Å². The molecular weight excluding hydrogens is 421 g/mol. The van der Waals surface area contributed by atoms with Crippen molar-refractivity contribution in [1.82, 2.24) is 0 Å². The van der Waals surface area contributed by atoms with Crippen LogP contribution in [-0.2, 0) is 0 Å². The van der Waals surface area contributed by atoms with Crippen LogP contribution in [-0.4, -0.2) is 13.0 Å². The highest BCUT2D eigenvalue weighted by atomic mass is 127. The van der Waals surface area contributed by atoms with Crippen molar-refractivity contribution in [2.45, 2.75) is 0 Å². The number of benzene rings is 2. The summed E-state index contributed by atoms with van der Waals surface area (Å²) in [7, 11) is 1.59. The van der Waals surface area contributed by atoms with Crippen LogP contribution in [0, 0.1) is 3.57 Å². The quantitative estimate of drug-likeness (QED) is 0.735. The molecule has 2 aromatic carbocycles. The molecule has 0 aliphatic rings. The summed E-state index contributed by atoms with van der Waals surface area (Å²) in [5.41, 5.74) is 1.36. The topological polar surface area (TPSA) is 38.3 Å². The number of rotatable bonds is 3. The molecule has 1 N–H and O–H groups in total. The predicted molar refractivity (Wildman–Crippen MR) is 87.8 cm³/mol. The molecular formula is C14H11BrINO2. The van der Waals surface area contributed by atoms with Crippen LogP contribution in [0.25, 0.3) is 0 Å². The highest BCUT2D eigenvalue weighted by Gasteiger charge is 2.10. The number of halogens is 2. The maximum Gasteiger partial charge on any atom is 0.256 e. The van der Waals surface area contributed by atoms with Crippen LogP contribution < -0.4 is 10.1 Å². The number of nitrogens with one attached hydrogen (secondary N) is 1. The summed E-state index contributed by atoms with van der Waals surface area (Å²) < 4.78 is 6.96. The lowest BCUT2D eigenvalue weighted by molar-refractivity contribution is 0.102. The third-order valence-corrected chi connectivity index (χ3v) is 4.12. The third kappa shape index (κ3) is 3.48. The minimum Gasteiger partial charge on any atom is -0.495 e. The zero-order chi connectivity index (χ0) is 13.8. The van der Waals surface area contributed by atoms with E-state index in [-0.39, 0.29) is 5.91 Å². The molecule has 2 rings (SSSR count). The minimum atomic E-state index is -0.130. The molecule has 0 bridgehead atoms. The number of hydrogen-bond acceptors (Lipinski definition) is 2. The zero-order valence-corrected chi connectivity index (χ0v) is 13.9. The Balaban J connectivity index is 2.22. The number of hydrogen-bond donors (Lipinski definition) is 1. The number of carbonyl (C=O) groups excluding carboxylic acids is 1. The fraction of sp³-hybridized carbons (Fsp3) is 0.0714. The molecule has 0 saturated carbocycles. The monoisotopic (exact) mass is 431 g/mol. The average Bonchev–Trinajstić information content (AvgIpc) is 2.41. The van der Waals surface area contributed by atoms with Crippen LogP contribution in [0.3, 0.4) is 0 Å². The molecule has 0 saturated heterocycles. The first-order valence-corrected chi connectivity index (χ1v) is 7.38. The summed E-state index contributed by atoms with van der Waals surface area (Å²) in [6.07, 6.45) is 0. The van der Waals surface area contributed by atoms with E-state index in [2.05, 4.69) is 43.8 Å². The summed E-state index contributed by atoms with van der Waals surface area (Å²) in [4.78, 5) is 12.2. The third-order valence-electron chi connectivity index (χ3n) is 2.53. The molecule has 5 heteroatoms. The van der Waals surface area contributed by atoms with Crippen LogP contribution in [0.4, 0.5) is 5.69 Å². The van der Waals surface area contributed by atoms with Gasteiger partial charge in [0.15, 0.2) is 0 Å². The van der Waals surface area contributed by atoms with E-state index in [4.69, 9.17) is 4.74 Å². The standard InChI is InChI=1S/C14H11BrINO2/c1-19-13-8-9(6-7-11(13)15)17-14(18)10-4-2-3-5-12(10)16/h2-8H,1H3,(H,17,18). The molecule has 1 amide bonds. The van der Waals surface area contributed by atoms with Gasteiger partial charge in [-0.1, -0.05) is 12.1 Å². The molecule has 98 valence electrons. The highest BCUT2D eigenvalue weighted by molar-refractivity contribution is 14.1. The highest BCUT2D eigenvalue weighted by Crippen LogP contribution is 2.28. The molecule has 3 nitrogen and oxygen atoms in total. The lowest BCUT2D eigenvalue weighted by Gasteiger charge is -2.09. The lowest BCUT2D eigenvalue weighted by atomic mass is 10.2. The maximum absolute atomic E-state index is 12.2. The molecule has 0 radical (unpaired) electrons. The average molecular weight is 432 g/mol. The molecule has 0 aromatic heterocycles. The van der Waals surface area contributed by atoms with Crippen LogP contribution in [0.15, 0.2) is 46.9 Å². The first kappa shape index (κ1) is 14.3. The van der Waals surface area contributed by atoms with Crippen molar-refractivity contribution in [3.63, 3.8) is 0 Å². The second-order valence-corrected chi connectivity index (χ2v) is 5.80. The molecule has 0 unspecified atom stereocenters. The van der Waals surface area contributed by atoms with Gasteiger partial charge in [0, 0.05) is 15.3 Å². The summed E-state index contributed by atoms with van der Waals surface area (Å²) >= 11 is 5.52. The van der Waals surface area contributed by atoms with Crippen LogP contribution >= 0.6 is 38.5 Å². The smallest absolute Gasteiger partial charge is 0.256 e. The number of methoxy groups -OCH3 is 1. The molecule has 0 spiro atoms. The largest absolute Gasteiger partial charge is 0.495 e. The molecule has 0 atom stereocenters. The Hall–Kier alpha value is -1.08. The molecule has 19 heavy (non-hydrogen) atoms. The summed E-state index contributed by atoms with van der Waals surface area (Å²) in [6.45, 7) is 0. The van der Waals surface area contributed by atoms with Crippen molar-refractivity contribution in [1.29, 1.82) is 0 Å². The van der Waals surface area contributed by atoms with Gasteiger partial charge in [-0.25, -0.2) is 0 Å². The summed E-state index contributed by atoms with van der Waals surface area (Å²) in [5.74, 6) is 0.551. The maximum atomic E-state index is 12.2. The second kappa shape index (κ2) is 6.38. The van der Waals surface area contributed by atoms with Crippen molar-refractivity contribution in [3.8, 4) is 5.75 Å². The van der Waals surface area contributed by atoms with Gasteiger partial charge >= 0.3 is 0 Å². The van der Waals surface area contributed by atoms with Crippen LogP contribution in [0.1, 0.15) is 10.4 Å². The Kier molecular flexibility index (Phi) is 4.81.